The summed E-state index contributed by atoms with van der Waals surface area (Å²) >= 11 is 0. The smallest absolute Gasteiger partial charge is 0.200 e. The molecule has 0 heterocycles. The molecule has 0 atom stereocenters. The number of benzene rings is 3. The van der Waals surface area contributed by atoms with Crippen LogP contribution in [0.5, 0.6) is 5.75 Å². The zero-order valence-electron chi connectivity index (χ0n) is 13.6. The van der Waals surface area contributed by atoms with E-state index in [4.69, 9.17) is 11.5 Å². The van der Waals surface area contributed by atoms with Crippen LogP contribution in [0.2, 0.25) is 0 Å². The average Bonchev–Trinajstić information content (AvgIpc) is 2.63. The van der Waals surface area contributed by atoms with E-state index in [0.29, 0.717) is 5.69 Å². The number of para-hydroxylation sites is 1. The van der Waals surface area contributed by atoms with Crippen LogP contribution in [0.4, 0.5) is 22.7 Å². The molecule has 6 N–H and O–H groups in total. The number of hydrogen-bond donors (Lipinski definition) is 4. The van der Waals surface area contributed by atoms with Crippen molar-refractivity contribution in [3.05, 3.63) is 76.9 Å². The number of ketones is 2. The summed E-state index contributed by atoms with van der Waals surface area (Å²) in [7, 11) is 0. The van der Waals surface area contributed by atoms with Crippen LogP contribution in [-0.2, 0) is 0 Å². The maximum absolute atomic E-state index is 13.2. The molecule has 0 aromatic heterocycles. The van der Waals surface area contributed by atoms with Gasteiger partial charge < -0.3 is 21.9 Å². The lowest BCUT2D eigenvalue weighted by Crippen LogP contribution is -2.25. The van der Waals surface area contributed by atoms with E-state index >= 15 is 0 Å². The number of hydrogen-bond acceptors (Lipinski definition) is 6. The fourth-order valence-electron chi connectivity index (χ4n) is 3.21. The highest BCUT2D eigenvalue weighted by Gasteiger charge is 2.36. The number of carbonyl (C=O) groups excluding carboxylic acids is 2. The monoisotopic (exact) mass is 345 g/mol. The number of aromatic hydroxyl groups is 1. The number of fused-ring (bicyclic) bond motifs is 2. The normalized spacial score (nSPS) is 12.5. The molecule has 1 aliphatic rings. The Hall–Kier alpha value is -3.80. The molecule has 0 radical (unpaired) electrons. The Labute approximate surface area is 149 Å². The zero-order valence-corrected chi connectivity index (χ0v) is 13.6. The van der Waals surface area contributed by atoms with Gasteiger partial charge in [0.1, 0.15) is 5.75 Å². The van der Waals surface area contributed by atoms with Crippen molar-refractivity contribution in [3.63, 3.8) is 0 Å². The number of nitrogen functional groups attached to an aromatic ring is 2. The summed E-state index contributed by atoms with van der Waals surface area (Å²) in [6.07, 6.45) is 0. The summed E-state index contributed by atoms with van der Waals surface area (Å²) in [4.78, 5) is 26.1. The van der Waals surface area contributed by atoms with Crippen molar-refractivity contribution in [2.75, 3.05) is 16.8 Å². The standard InChI is InChI=1S/C20H15N3O3/c21-11-6-7-12(22)16-15(11)19(25)17-13(23-10-4-2-1-3-5-10)8-9-14(24)18(17)20(16)26/h1-9,23-24H,21-22H2. The highest BCUT2D eigenvalue weighted by atomic mass is 16.3. The van der Waals surface area contributed by atoms with E-state index in [9.17, 15) is 14.7 Å². The van der Waals surface area contributed by atoms with E-state index in [1.165, 1.54) is 18.2 Å². The fraction of sp³-hybridized carbons (Fsp3) is 0. The topological polar surface area (TPSA) is 118 Å². The lowest BCUT2D eigenvalue weighted by atomic mass is 9.81. The molecular formula is C20H15N3O3. The second-order valence-electron chi connectivity index (χ2n) is 6.03. The number of phenols is 1. The minimum Gasteiger partial charge on any atom is -0.507 e. The predicted octanol–water partition coefficient (Wildman–Crippen LogP) is 3.08. The first-order valence-corrected chi connectivity index (χ1v) is 7.94. The third kappa shape index (κ3) is 2.20. The molecule has 0 unspecified atom stereocenters. The molecule has 128 valence electrons. The van der Waals surface area contributed by atoms with Gasteiger partial charge in [0.25, 0.3) is 0 Å². The van der Waals surface area contributed by atoms with Crippen molar-refractivity contribution >= 4 is 34.3 Å². The third-order valence-electron chi connectivity index (χ3n) is 4.41. The molecule has 1 aliphatic carbocycles. The number of anilines is 4. The van der Waals surface area contributed by atoms with Gasteiger partial charge in [-0.1, -0.05) is 18.2 Å². The Bertz CT molecular complexity index is 1080. The number of rotatable bonds is 2. The molecule has 26 heavy (non-hydrogen) atoms. The van der Waals surface area contributed by atoms with Crippen LogP contribution in [0, 0.1) is 0 Å². The molecule has 0 fully saturated rings. The summed E-state index contributed by atoms with van der Waals surface area (Å²) in [5.74, 6) is -1.24. The van der Waals surface area contributed by atoms with Gasteiger partial charge in [-0.15, -0.1) is 0 Å². The summed E-state index contributed by atoms with van der Waals surface area (Å²) < 4.78 is 0. The van der Waals surface area contributed by atoms with Crippen molar-refractivity contribution in [2.45, 2.75) is 0 Å². The lowest BCUT2D eigenvalue weighted by Gasteiger charge is -2.23. The van der Waals surface area contributed by atoms with Crippen LogP contribution in [-0.4, -0.2) is 16.7 Å². The Morgan fingerprint density at radius 1 is 0.692 bits per heavy atom. The molecular weight excluding hydrogens is 330 g/mol. The van der Waals surface area contributed by atoms with E-state index in [1.807, 2.05) is 30.3 Å². The van der Waals surface area contributed by atoms with E-state index in [0.717, 1.165) is 5.69 Å². The van der Waals surface area contributed by atoms with Gasteiger partial charge in [-0.2, -0.15) is 0 Å². The van der Waals surface area contributed by atoms with Crippen molar-refractivity contribution in [3.8, 4) is 5.75 Å². The molecule has 3 aromatic rings. The van der Waals surface area contributed by atoms with Crippen molar-refractivity contribution in [1.82, 2.24) is 0 Å². The summed E-state index contributed by atoms with van der Waals surface area (Å²) in [6.45, 7) is 0. The van der Waals surface area contributed by atoms with Crippen LogP contribution < -0.4 is 16.8 Å². The van der Waals surface area contributed by atoms with Gasteiger partial charge in [0.2, 0.25) is 0 Å². The highest BCUT2D eigenvalue weighted by Crippen LogP contribution is 2.41. The number of nitrogens with one attached hydrogen (secondary N) is 1. The lowest BCUT2D eigenvalue weighted by molar-refractivity contribution is 0.0978. The Morgan fingerprint density at radius 3 is 1.88 bits per heavy atom. The predicted molar refractivity (Wildman–Crippen MR) is 100.0 cm³/mol. The molecule has 0 spiro atoms. The van der Waals surface area contributed by atoms with Gasteiger partial charge in [0.15, 0.2) is 11.6 Å². The first kappa shape index (κ1) is 15.7. The first-order chi connectivity index (χ1) is 12.5. The van der Waals surface area contributed by atoms with Gasteiger partial charge in [-0.3, -0.25) is 9.59 Å². The van der Waals surface area contributed by atoms with E-state index < -0.39 is 11.6 Å². The van der Waals surface area contributed by atoms with Crippen LogP contribution in [0.15, 0.2) is 54.6 Å². The van der Waals surface area contributed by atoms with Crippen LogP contribution in [0.3, 0.4) is 0 Å². The average molecular weight is 345 g/mol. The fourth-order valence-corrected chi connectivity index (χ4v) is 3.21. The van der Waals surface area contributed by atoms with E-state index in [1.54, 1.807) is 6.07 Å². The molecule has 6 nitrogen and oxygen atoms in total. The third-order valence-corrected chi connectivity index (χ3v) is 4.41. The zero-order chi connectivity index (χ0) is 18.4. The van der Waals surface area contributed by atoms with Gasteiger partial charge in [0.05, 0.1) is 27.9 Å². The van der Waals surface area contributed by atoms with Crippen LogP contribution in [0.25, 0.3) is 0 Å². The molecule has 6 heteroatoms. The molecule has 0 saturated heterocycles. The second kappa shape index (κ2) is 5.63. The Kier molecular flexibility index (Phi) is 3.40. The number of phenolic OH excluding ortho intramolecular Hbond substituents is 1. The first-order valence-electron chi connectivity index (χ1n) is 7.94. The summed E-state index contributed by atoms with van der Waals surface area (Å²) in [5.41, 5.74) is 13.5. The number of carbonyl (C=O) groups is 2. The SMILES string of the molecule is Nc1ccc(N)c2c1C(=O)c1c(O)ccc(Nc3ccccc3)c1C2=O. The molecule has 0 bridgehead atoms. The Balaban J connectivity index is 1.96. The molecule has 3 aromatic carbocycles. The second-order valence-corrected chi connectivity index (χ2v) is 6.03. The highest BCUT2D eigenvalue weighted by molar-refractivity contribution is 6.34. The van der Waals surface area contributed by atoms with Gasteiger partial charge in [-0.05, 0) is 36.4 Å². The minimum absolute atomic E-state index is 0.0367. The summed E-state index contributed by atoms with van der Waals surface area (Å²) in [6, 6.07) is 15.1. The largest absolute Gasteiger partial charge is 0.507 e. The quantitative estimate of drug-likeness (QED) is 0.327. The van der Waals surface area contributed by atoms with Crippen molar-refractivity contribution in [1.29, 1.82) is 0 Å². The van der Waals surface area contributed by atoms with Crippen LogP contribution in [0.1, 0.15) is 31.8 Å². The van der Waals surface area contributed by atoms with Crippen molar-refractivity contribution in [2.24, 2.45) is 0 Å². The molecule has 0 amide bonds. The van der Waals surface area contributed by atoms with Crippen molar-refractivity contribution < 1.29 is 14.7 Å². The maximum atomic E-state index is 13.2. The van der Waals surface area contributed by atoms with E-state index in [2.05, 4.69) is 5.32 Å². The van der Waals surface area contributed by atoms with E-state index in [-0.39, 0.29) is 39.4 Å². The molecule has 0 saturated carbocycles. The van der Waals surface area contributed by atoms with Gasteiger partial charge >= 0.3 is 0 Å². The van der Waals surface area contributed by atoms with Crippen LogP contribution >= 0.6 is 0 Å². The summed E-state index contributed by atoms with van der Waals surface area (Å²) in [5, 5.41) is 13.4. The van der Waals surface area contributed by atoms with Gasteiger partial charge in [-0.25, -0.2) is 0 Å². The van der Waals surface area contributed by atoms with Gasteiger partial charge in [0, 0.05) is 17.1 Å². The number of nitrogens with two attached hydrogens (primary N) is 2. The maximum Gasteiger partial charge on any atom is 0.200 e. The Morgan fingerprint density at radius 2 is 1.27 bits per heavy atom. The molecule has 0 aliphatic heterocycles. The molecule has 4 rings (SSSR count). The minimum atomic E-state index is -0.520.